The van der Waals surface area contributed by atoms with Gasteiger partial charge in [-0.25, -0.2) is 4.98 Å². The normalized spacial score (nSPS) is 17.8. The predicted octanol–water partition coefficient (Wildman–Crippen LogP) is 2.20. The van der Waals surface area contributed by atoms with Crippen molar-refractivity contribution in [2.45, 2.75) is 52.2 Å². The number of carbonyl (C=O) groups excluding carboxylic acids is 1. The Kier molecular flexibility index (Phi) is 5.31. The van der Waals surface area contributed by atoms with Gasteiger partial charge in [-0.15, -0.1) is 0 Å². The molecule has 6 nitrogen and oxygen atoms in total. The number of amides is 1. The Labute approximate surface area is 165 Å². The fraction of sp³-hybridized carbons (Fsp3) is 0.500. The third kappa shape index (κ3) is 4.02. The summed E-state index contributed by atoms with van der Waals surface area (Å²) >= 11 is 0. The van der Waals surface area contributed by atoms with Gasteiger partial charge in [0.1, 0.15) is 0 Å². The van der Waals surface area contributed by atoms with Gasteiger partial charge >= 0.3 is 0 Å². The van der Waals surface area contributed by atoms with Gasteiger partial charge in [0.05, 0.1) is 24.6 Å². The summed E-state index contributed by atoms with van der Waals surface area (Å²) in [5, 5.41) is 3.25. The first kappa shape index (κ1) is 18.9. The molecule has 2 aliphatic rings. The van der Waals surface area contributed by atoms with Crippen LogP contribution in [0.2, 0.25) is 0 Å². The van der Waals surface area contributed by atoms with Crippen molar-refractivity contribution in [2.24, 2.45) is 5.92 Å². The van der Waals surface area contributed by atoms with Gasteiger partial charge in [-0.05, 0) is 44.6 Å². The van der Waals surface area contributed by atoms with Crippen LogP contribution in [0.25, 0.3) is 0 Å². The molecule has 148 valence electrons. The van der Waals surface area contributed by atoms with Gasteiger partial charge in [0.15, 0.2) is 0 Å². The highest BCUT2D eigenvalue weighted by Gasteiger charge is 2.33. The Bertz CT molecular complexity index is 915. The topological polar surface area (TPSA) is 67.2 Å². The van der Waals surface area contributed by atoms with E-state index in [1.54, 1.807) is 10.9 Å². The van der Waals surface area contributed by atoms with E-state index in [0.29, 0.717) is 38.5 Å². The van der Waals surface area contributed by atoms with Crippen molar-refractivity contribution in [2.75, 3.05) is 13.1 Å². The molecule has 4 rings (SSSR count). The molecule has 1 fully saturated rings. The Morgan fingerprint density at radius 3 is 2.71 bits per heavy atom. The van der Waals surface area contributed by atoms with Crippen LogP contribution >= 0.6 is 0 Å². The van der Waals surface area contributed by atoms with Gasteiger partial charge in [0.2, 0.25) is 5.91 Å². The second-order valence-electron chi connectivity index (χ2n) is 8.01. The van der Waals surface area contributed by atoms with E-state index >= 15 is 0 Å². The van der Waals surface area contributed by atoms with Crippen LogP contribution in [0.3, 0.4) is 0 Å². The Morgan fingerprint density at radius 1 is 1.29 bits per heavy atom. The maximum Gasteiger partial charge on any atom is 0.256 e. The zero-order valence-electron chi connectivity index (χ0n) is 16.6. The number of hydrogen-bond donors (Lipinski definition) is 1. The summed E-state index contributed by atoms with van der Waals surface area (Å²) in [6, 6.07) is 8.55. The van der Waals surface area contributed by atoms with Crippen LogP contribution in [-0.2, 0) is 24.3 Å². The number of aromatic nitrogens is 2. The lowest BCUT2D eigenvalue weighted by molar-refractivity contribution is -0.123. The molecular weight excluding hydrogens is 352 g/mol. The van der Waals surface area contributed by atoms with Gasteiger partial charge in [-0.2, -0.15) is 0 Å². The van der Waals surface area contributed by atoms with E-state index in [4.69, 9.17) is 0 Å². The molecule has 0 spiro atoms. The second-order valence-corrected chi connectivity index (χ2v) is 8.01. The Morgan fingerprint density at radius 2 is 2.04 bits per heavy atom. The maximum absolute atomic E-state index is 12.7. The van der Waals surface area contributed by atoms with E-state index in [2.05, 4.69) is 46.4 Å². The summed E-state index contributed by atoms with van der Waals surface area (Å²) in [5.41, 5.74) is 4.09. The molecule has 28 heavy (non-hydrogen) atoms. The van der Waals surface area contributed by atoms with Crippen LogP contribution in [0, 0.1) is 12.8 Å². The molecule has 1 aromatic heterocycles. The summed E-state index contributed by atoms with van der Waals surface area (Å²) in [5.74, 6) is 0.589. The molecule has 1 aliphatic heterocycles. The first-order valence-electron chi connectivity index (χ1n) is 10.2. The molecule has 1 saturated carbocycles. The summed E-state index contributed by atoms with van der Waals surface area (Å²) < 4.78 is 1.64. The molecule has 0 bridgehead atoms. The lowest BCUT2D eigenvalue weighted by Gasteiger charge is -2.28. The van der Waals surface area contributed by atoms with E-state index in [1.807, 2.05) is 6.92 Å². The number of benzene rings is 1. The molecule has 1 amide bonds. The summed E-state index contributed by atoms with van der Waals surface area (Å²) in [4.78, 5) is 31.7. The summed E-state index contributed by atoms with van der Waals surface area (Å²) in [6.07, 6.45) is 4.61. The fourth-order valence-corrected chi connectivity index (χ4v) is 3.97. The zero-order chi connectivity index (χ0) is 19.7. The third-order valence-corrected chi connectivity index (χ3v) is 5.83. The predicted molar refractivity (Wildman–Crippen MR) is 108 cm³/mol. The zero-order valence-corrected chi connectivity index (χ0v) is 16.6. The van der Waals surface area contributed by atoms with E-state index in [0.717, 1.165) is 11.3 Å². The third-order valence-electron chi connectivity index (χ3n) is 5.83. The van der Waals surface area contributed by atoms with E-state index in [9.17, 15) is 9.59 Å². The minimum absolute atomic E-state index is 0.0443. The highest BCUT2D eigenvalue weighted by atomic mass is 16.2. The number of nitrogens with zero attached hydrogens (tertiary/aromatic N) is 3. The number of nitrogens with one attached hydrogen (secondary N) is 1. The molecular formula is C22H28N4O2. The van der Waals surface area contributed by atoms with Gasteiger partial charge < -0.3 is 5.32 Å². The largest absolute Gasteiger partial charge is 0.348 e. The van der Waals surface area contributed by atoms with Crippen molar-refractivity contribution in [3.05, 3.63) is 63.3 Å². The Balaban J connectivity index is 1.40. The SMILES string of the molecule is CCn1cnc2c(c1=O)CCN(CC(=O)NC(c1ccc(C)cc1)C1CC1)C2. The van der Waals surface area contributed by atoms with Crippen molar-refractivity contribution >= 4 is 5.91 Å². The molecule has 1 aliphatic carbocycles. The standard InChI is InChI=1S/C22H28N4O2/c1-3-26-14-23-19-12-25(11-10-18(19)22(26)28)13-20(27)24-21(17-8-9-17)16-6-4-15(2)5-7-16/h4-7,14,17,21H,3,8-13H2,1-2H3,(H,24,27). The van der Waals surface area contributed by atoms with Crippen LogP contribution in [-0.4, -0.2) is 33.4 Å². The van der Waals surface area contributed by atoms with Crippen LogP contribution in [0.15, 0.2) is 35.4 Å². The van der Waals surface area contributed by atoms with Crippen molar-refractivity contribution in [1.82, 2.24) is 19.8 Å². The van der Waals surface area contributed by atoms with E-state index < -0.39 is 0 Å². The lowest BCUT2D eigenvalue weighted by atomic mass is 10.0. The molecule has 1 atom stereocenters. The quantitative estimate of drug-likeness (QED) is 0.834. The fourth-order valence-electron chi connectivity index (χ4n) is 3.97. The van der Waals surface area contributed by atoms with Crippen molar-refractivity contribution in [3.63, 3.8) is 0 Å². The lowest BCUT2D eigenvalue weighted by Crippen LogP contribution is -2.43. The maximum atomic E-state index is 12.7. The average Bonchev–Trinajstić information content (AvgIpc) is 3.52. The number of fused-ring (bicyclic) bond motifs is 1. The molecule has 0 saturated heterocycles. The van der Waals surface area contributed by atoms with Gasteiger partial charge in [-0.3, -0.25) is 19.1 Å². The van der Waals surface area contributed by atoms with E-state index in [1.165, 1.54) is 24.0 Å². The molecule has 6 heteroatoms. The highest BCUT2D eigenvalue weighted by molar-refractivity contribution is 5.78. The number of rotatable bonds is 6. The first-order valence-corrected chi connectivity index (χ1v) is 10.2. The molecule has 2 heterocycles. The summed E-state index contributed by atoms with van der Waals surface area (Å²) in [7, 11) is 0. The number of aryl methyl sites for hydroxylation is 2. The molecule has 1 unspecified atom stereocenters. The first-order chi connectivity index (χ1) is 13.5. The van der Waals surface area contributed by atoms with E-state index in [-0.39, 0.29) is 17.5 Å². The van der Waals surface area contributed by atoms with Gasteiger partial charge in [0, 0.05) is 25.2 Å². The summed E-state index contributed by atoms with van der Waals surface area (Å²) in [6.45, 7) is 6.26. The van der Waals surface area contributed by atoms with Crippen LogP contribution in [0.1, 0.15) is 48.2 Å². The molecule has 2 aromatic rings. The minimum atomic E-state index is 0.0443. The molecule has 0 radical (unpaired) electrons. The van der Waals surface area contributed by atoms with Crippen molar-refractivity contribution < 1.29 is 4.79 Å². The Hall–Kier alpha value is -2.47. The van der Waals surface area contributed by atoms with Crippen LogP contribution in [0.4, 0.5) is 0 Å². The van der Waals surface area contributed by atoms with Crippen molar-refractivity contribution in [1.29, 1.82) is 0 Å². The minimum Gasteiger partial charge on any atom is -0.348 e. The molecule has 1 N–H and O–H groups in total. The monoisotopic (exact) mass is 380 g/mol. The van der Waals surface area contributed by atoms with Crippen LogP contribution in [0.5, 0.6) is 0 Å². The van der Waals surface area contributed by atoms with Gasteiger partial charge in [0.25, 0.3) is 5.56 Å². The van der Waals surface area contributed by atoms with Gasteiger partial charge in [-0.1, -0.05) is 29.8 Å². The van der Waals surface area contributed by atoms with Crippen molar-refractivity contribution in [3.8, 4) is 0 Å². The smallest absolute Gasteiger partial charge is 0.256 e. The highest BCUT2D eigenvalue weighted by Crippen LogP contribution is 2.41. The second kappa shape index (κ2) is 7.87. The average molecular weight is 380 g/mol. The number of carbonyl (C=O) groups is 1. The molecule has 1 aromatic carbocycles. The number of hydrogen-bond acceptors (Lipinski definition) is 4. The van der Waals surface area contributed by atoms with Crippen LogP contribution < -0.4 is 10.9 Å².